The predicted molar refractivity (Wildman–Crippen MR) is 59.3 cm³/mol. The van der Waals surface area contributed by atoms with Crippen molar-refractivity contribution in [2.45, 2.75) is 0 Å². The molecule has 1 unspecified atom stereocenters. The van der Waals surface area contributed by atoms with Crippen LogP contribution in [0, 0.1) is 5.41 Å². The van der Waals surface area contributed by atoms with E-state index in [0.717, 1.165) is 16.5 Å². The van der Waals surface area contributed by atoms with Crippen molar-refractivity contribution in [1.29, 1.82) is 5.41 Å². The second-order valence-corrected chi connectivity index (χ2v) is 3.43. The summed E-state index contributed by atoms with van der Waals surface area (Å²) in [6.07, 6.45) is 1.70. The van der Waals surface area contributed by atoms with Gasteiger partial charge in [0.05, 0.1) is 0 Å². The van der Waals surface area contributed by atoms with E-state index in [0.29, 0.717) is 5.84 Å². The molecule has 3 heteroatoms. The maximum atomic E-state index is 7.60. The zero-order chi connectivity index (χ0) is 9.26. The lowest BCUT2D eigenvalue weighted by Crippen LogP contribution is -1.92. The van der Waals surface area contributed by atoms with E-state index in [4.69, 9.17) is 5.41 Å². The fourth-order valence-corrected chi connectivity index (χ4v) is 1.69. The van der Waals surface area contributed by atoms with Crippen molar-refractivity contribution >= 4 is 26.9 Å². The minimum Gasteiger partial charge on any atom is -0.282 e. The second kappa shape index (κ2) is 3.23. The Balaban J connectivity index is 2.50. The van der Waals surface area contributed by atoms with Crippen LogP contribution >= 0.6 is 9.24 Å². The highest BCUT2D eigenvalue weighted by Gasteiger charge is 2.14. The maximum Gasteiger partial charge on any atom is 0.153 e. The number of aliphatic imine (C=N–C) groups is 1. The number of nitrogens with zero attached hydrogens (tertiary/aromatic N) is 1. The lowest BCUT2D eigenvalue weighted by Gasteiger charge is -2.02. The molecule has 1 aromatic rings. The summed E-state index contributed by atoms with van der Waals surface area (Å²) in [5.41, 5.74) is 1.96. The van der Waals surface area contributed by atoms with Crippen LogP contribution in [0.25, 0.3) is 5.57 Å². The van der Waals surface area contributed by atoms with E-state index in [1.54, 1.807) is 6.21 Å². The van der Waals surface area contributed by atoms with Crippen molar-refractivity contribution in [3.63, 3.8) is 0 Å². The molecule has 0 radical (unpaired) electrons. The van der Waals surface area contributed by atoms with Crippen molar-refractivity contribution in [3.05, 3.63) is 41.2 Å². The van der Waals surface area contributed by atoms with Gasteiger partial charge in [-0.25, -0.2) is 4.99 Å². The molecule has 2 rings (SSSR count). The fourth-order valence-electron chi connectivity index (χ4n) is 1.31. The molecule has 64 valence electrons. The molecule has 0 fully saturated rings. The predicted octanol–water partition coefficient (Wildman–Crippen LogP) is 2.33. The summed E-state index contributed by atoms with van der Waals surface area (Å²) >= 11 is 0. The lowest BCUT2D eigenvalue weighted by atomic mass is 10.1. The monoisotopic (exact) mass is 188 g/mol. The zero-order valence-corrected chi connectivity index (χ0v) is 8.14. The van der Waals surface area contributed by atoms with Gasteiger partial charge in [0.25, 0.3) is 0 Å². The molecule has 1 heterocycles. The van der Waals surface area contributed by atoms with Crippen LogP contribution in [0.5, 0.6) is 0 Å². The molecule has 0 amide bonds. The Hall–Kier alpha value is -1.27. The van der Waals surface area contributed by atoms with E-state index in [-0.39, 0.29) is 0 Å². The van der Waals surface area contributed by atoms with Gasteiger partial charge in [-0.2, -0.15) is 0 Å². The highest BCUT2D eigenvalue weighted by molar-refractivity contribution is 7.25. The first-order valence-corrected chi connectivity index (χ1v) is 4.55. The van der Waals surface area contributed by atoms with Crippen molar-refractivity contribution in [2.24, 2.45) is 4.99 Å². The molecular formula is C10H9N2P. The number of amidine groups is 1. The van der Waals surface area contributed by atoms with E-state index in [1.807, 2.05) is 30.3 Å². The van der Waals surface area contributed by atoms with Gasteiger partial charge in [-0.1, -0.05) is 30.3 Å². The summed E-state index contributed by atoms with van der Waals surface area (Å²) in [4.78, 5) is 3.94. The summed E-state index contributed by atoms with van der Waals surface area (Å²) in [5, 5.41) is 8.59. The summed E-state index contributed by atoms with van der Waals surface area (Å²) in [7, 11) is 2.60. The van der Waals surface area contributed by atoms with Crippen molar-refractivity contribution in [3.8, 4) is 0 Å². The number of nitrogens with one attached hydrogen (secondary N) is 1. The molecule has 0 saturated carbocycles. The molecular weight excluding hydrogens is 179 g/mol. The van der Waals surface area contributed by atoms with Gasteiger partial charge in [-0.3, -0.25) is 5.41 Å². The topological polar surface area (TPSA) is 36.2 Å². The minimum atomic E-state index is 0.344. The molecule has 13 heavy (non-hydrogen) atoms. The maximum absolute atomic E-state index is 7.60. The third kappa shape index (κ3) is 1.45. The molecule has 0 spiro atoms. The van der Waals surface area contributed by atoms with Crippen LogP contribution in [-0.4, -0.2) is 12.1 Å². The number of rotatable bonds is 1. The van der Waals surface area contributed by atoms with Crippen LogP contribution in [0.1, 0.15) is 5.56 Å². The van der Waals surface area contributed by atoms with Crippen LogP contribution in [0.3, 0.4) is 0 Å². The Bertz CT molecular complexity index is 404. The molecule has 0 saturated heterocycles. The molecule has 0 aliphatic carbocycles. The Morgan fingerprint density at radius 3 is 2.38 bits per heavy atom. The van der Waals surface area contributed by atoms with E-state index >= 15 is 0 Å². The Kier molecular flexibility index (Phi) is 2.07. The largest absolute Gasteiger partial charge is 0.282 e. The van der Waals surface area contributed by atoms with E-state index < -0.39 is 0 Å². The Labute approximate surface area is 79.1 Å². The van der Waals surface area contributed by atoms with Crippen molar-refractivity contribution < 1.29 is 0 Å². The van der Waals surface area contributed by atoms with Crippen LogP contribution in [0.2, 0.25) is 0 Å². The van der Waals surface area contributed by atoms with Crippen LogP contribution < -0.4 is 0 Å². The molecule has 1 aromatic carbocycles. The number of benzene rings is 1. The van der Waals surface area contributed by atoms with Gasteiger partial charge in [0.2, 0.25) is 0 Å². The highest BCUT2D eigenvalue weighted by atomic mass is 31.0. The summed E-state index contributed by atoms with van der Waals surface area (Å²) in [5.74, 6) is 0.344. The Morgan fingerprint density at radius 2 is 1.85 bits per heavy atom. The normalized spacial score (nSPS) is 15.6. The van der Waals surface area contributed by atoms with E-state index in [1.165, 1.54) is 0 Å². The first-order chi connectivity index (χ1) is 6.29. The van der Waals surface area contributed by atoms with Gasteiger partial charge >= 0.3 is 0 Å². The third-order valence-electron chi connectivity index (χ3n) is 1.92. The Morgan fingerprint density at radius 1 is 1.15 bits per heavy atom. The first kappa shape index (κ1) is 8.33. The average Bonchev–Trinajstić information content (AvgIpc) is 2.48. The lowest BCUT2D eigenvalue weighted by molar-refractivity contribution is 1.47. The smallest absolute Gasteiger partial charge is 0.153 e. The average molecular weight is 188 g/mol. The standard InChI is InChI=1S/C10H9N2P/c11-10-9(8(13)6-12-10)7-4-2-1-3-5-7/h1-6,11H,13H2. The van der Waals surface area contributed by atoms with Crippen molar-refractivity contribution in [2.75, 3.05) is 0 Å². The number of allylic oxidation sites excluding steroid dienone is 1. The molecule has 2 nitrogen and oxygen atoms in total. The molecule has 0 bridgehead atoms. The summed E-state index contributed by atoms with van der Waals surface area (Å²) in [6, 6.07) is 9.87. The third-order valence-corrected chi connectivity index (χ3v) is 2.36. The van der Waals surface area contributed by atoms with Crippen LogP contribution in [-0.2, 0) is 0 Å². The molecule has 1 N–H and O–H groups in total. The highest BCUT2D eigenvalue weighted by Crippen LogP contribution is 2.26. The molecule has 1 aliphatic heterocycles. The van der Waals surface area contributed by atoms with E-state index in [2.05, 4.69) is 14.2 Å². The molecule has 0 aromatic heterocycles. The molecule has 1 aliphatic rings. The minimum absolute atomic E-state index is 0.344. The summed E-state index contributed by atoms with van der Waals surface area (Å²) < 4.78 is 0. The van der Waals surface area contributed by atoms with Gasteiger partial charge in [0.15, 0.2) is 5.84 Å². The molecule has 1 atom stereocenters. The zero-order valence-electron chi connectivity index (χ0n) is 6.99. The van der Waals surface area contributed by atoms with Crippen LogP contribution in [0.15, 0.2) is 40.6 Å². The van der Waals surface area contributed by atoms with Gasteiger partial charge < -0.3 is 0 Å². The first-order valence-electron chi connectivity index (χ1n) is 3.97. The number of hydrogen-bond donors (Lipinski definition) is 1. The summed E-state index contributed by atoms with van der Waals surface area (Å²) in [6.45, 7) is 0. The van der Waals surface area contributed by atoms with E-state index in [9.17, 15) is 0 Å². The fraction of sp³-hybridized carbons (Fsp3) is 0. The number of hydrogen-bond acceptors (Lipinski definition) is 1. The van der Waals surface area contributed by atoms with Gasteiger partial charge in [-0.15, -0.1) is 9.24 Å². The van der Waals surface area contributed by atoms with Crippen molar-refractivity contribution in [1.82, 2.24) is 0 Å². The van der Waals surface area contributed by atoms with Gasteiger partial charge in [0, 0.05) is 11.8 Å². The SMILES string of the molecule is N=C1N=CC(P)=C1c1ccccc1. The van der Waals surface area contributed by atoms with Gasteiger partial charge in [-0.05, 0) is 10.9 Å². The second-order valence-electron chi connectivity index (χ2n) is 2.80. The van der Waals surface area contributed by atoms with Gasteiger partial charge in [0.1, 0.15) is 0 Å². The quantitative estimate of drug-likeness (QED) is 0.657. The van der Waals surface area contributed by atoms with Crippen LogP contribution in [0.4, 0.5) is 0 Å².